The van der Waals surface area contributed by atoms with Crippen molar-refractivity contribution in [2.24, 2.45) is 5.84 Å². The van der Waals surface area contributed by atoms with E-state index >= 15 is 0 Å². The van der Waals surface area contributed by atoms with Crippen molar-refractivity contribution in [2.75, 3.05) is 11.7 Å². The molecule has 0 aliphatic heterocycles. The number of nitrogens with two attached hydrogens (primary N) is 1. The maximum Gasteiger partial charge on any atom is 0.187 e. The van der Waals surface area contributed by atoms with Crippen LogP contribution in [0.4, 0.5) is 23.2 Å². The molecule has 0 bridgehead atoms. The molecule has 0 aromatic heterocycles. The molecule has 0 aliphatic carbocycles. The second kappa shape index (κ2) is 4.05. The summed E-state index contributed by atoms with van der Waals surface area (Å²) in [6, 6.07) is 0. The molecule has 0 fully saturated rings. The molecule has 0 spiro atoms. The van der Waals surface area contributed by atoms with Gasteiger partial charge in [-0.25, -0.2) is 17.6 Å². The largest absolute Gasteiger partial charge is 0.319 e. The Hall–Kier alpha value is -0.950. The normalized spacial score (nSPS) is 10.4. The molecule has 0 radical (unpaired) electrons. The number of hydrazine groups is 1. The molecule has 0 saturated heterocycles. The summed E-state index contributed by atoms with van der Waals surface area (Å²) in [4.78, 5) is -0.709. The van der Waals surface area contributed by atoms with Gasteiger partial charge >= 0.3 is 0 Å². The van der Waals surface area contributed by atoms with Crippen molar-refractivity contribution in [1.82, 2.24) is 0 Å². The highest BCUT2D eigenvalue weighted by molar-refractivity contribution is 7.98. The molecule has 0 saturated carbocycles. The molecule has 0 amide bonds. The van der Waals surface area contributed by atoms with Gasteiger partial charge in [0.25, 0.3) is 0 Å². The Bertz CT molecular complexity index is 305. The molecule has 0 atom stereocenters. The maximum atomic E-state index is 13.0. The highest BCUT2D eigenvalue weighted by Crippen LogP contribution is 2.32. The molecule has 1 aromatic carbocycles. The van der Waals surface area contributed by atoms with Crippen molar-refractivity contribution in [3.63, 3.8) is 0 Å². The first-order chi connectivity index (χ1) is 6.54. The standard InChI is InChI=1S/C7H6F4N2S/c1-14-7-4(10)2(8)6(13-12)3(9)5(7)11/h13H,12H2,1H3. The first-order valence-corrected chi connectivity index (χ1v) is 4.63. The summed E-state index contributed by atoms with van der Waals surface area (Å²) in [5, 5.41) is 0. The lowest BCUT2D eigenvalue weighted by atomic mass is 10.2. The molecule has 78 valence electrons. The van der Waals surface area contributed by atoms with Crippen LogP contribution in [-0.4, -0.2) is 6.26 Å². The fourth-order valence-corrected chi connectivity index (χ4v) is 1.46. The van der Waals surface area contributed by atoms with Crippen LogP contribution in [0.5, 0.6) is 0 Å². The van der Waals surface area contributed by atoms with E-state index in [0.29, 0.717) is 11.8 Å². The van der Waals surface area contributed by atoms with Crippen molar-refractivity contribution in [3.8, 4) is 0 Å². The number of benzene rings is 1. The van der Waals surface area contributed by atoms with Crippen LogP contribution in [0.3, 0.4) is 0 Å². The summed E-state index contributed by atoms with van der Waals surface area (Å²) >= 11 is 0.571. The third-order valence-corrected chi connectivity index (χ3v) is 2.34. The van der Waals surface area contributed by atoms with Gasteiger partial charge in [0.1, 0.15) is 5.69 Å². The summed E-state index contributed by atoms with van der Waals surface area (Å²) in [6.07, 6.45) is 1.30. The van der Waals surface area contributed by atoms with Crippen molar-refractivity contribution in [1.29, 1.82) is 0 Å². The molecule has 3 N–H and O–H groups in total. The van der Waals surface area contributed by atoms with E-state index in [4.69, 9.17) is 5.84 Å². The van der Waals surface area contributed by atoms with Crippen LogP contribution >= 0.6 is 11.8 Å². The van der Waals surface area contributed by atoms with Crippen molar-refractivity contribution in [2.45, 2.75) is 4.90 Å². The van der Waals surface area contributed by atoms with Gasteiger partial charge in [-0.1, -0.05) is 0 Å². The van der Waals surface area contributed by atoms with E-state index in [1.807, 2.05) is 0 Å². The Morgan fingerprint density at radius 2 is 1.43 bits per heavy atom. The van der Waals surface area contributed by atoms with Crippen molar-refractivity contribution >= 4 is 17.4 Å². The Morgan fingerprint density at radius 1 is 1.00 bits per heavy atom. The average Bonchev–Trinajstić information content (AvgIpc) is 2.17. The minimum absolute atomic E-state index is 0.571. The lowest BCUT2D eigenvalue weighted by Gasteiger charge is -2.09. The quantitative estimate of drug-likeness (QED) is 0.267. The van der Waals surface area contributed by atoms with Crippen molar-refractivity contribution < 1.29 is 17.6 Å². The van der Waals surface area contributed by atoms with E-state index < -0.39 is 33.9 Å². The molecule has 2 nitrogen and oxygen atoms in total. The number of hydrogen-bond acceptors (Lipinski definition) is 3. The minimum atomic E-state index is -1.53. The molecular formula is C7H6F4N2S. The summed E-state index contributed by atoms with van der Waals surface area (Å²) < 4.78 is 51.9. The highest BCUT2D eigenvalue weighted by Gasteiger charge is 2.24. The van der Waals surface area contributed by atoms with E-state index in [-0.39, 0.29) is 0 Å². The van der Waals surface area contributed by atoms with Crippen LogP contribution in [-0.2, 0) is 0 Å². The predicted molar refractivity (Wildman–Crippen MR) is 45.9 cm³/mol. The van der Waals surface area contributed by atoms with E-state index in [1.165, 1.54) is 6.26 Å². The van der Waals surface area contributed by atoms with Crippen LogP contribution < -0.4 is 11.3 Å². The van der Waals surface area contributed by atoms with Gasteiger partial charge in [0.15, 0.2) is 23.3 Å². The Balaban J connectivity index is 3.55. The summed E-state index contributed by atoms with van der Waals surface area (Å²) in [6.45, 7) is 0. The number of hydrogen-bond donors (Lipinski definition) is 2. The third kappa shape index (κ3) is 1.53. The van der Waals surface area contributed by atoms with Gasteiger partial charge in [0.05, 0.1) is 4.90 Å². The van der Waals surface area contributed by atoms with Crippen LogP contribution in [0.25, 0.3) is 0 Å². The number of thioether (sulfide) groups is 1. The SMILES string of the molecule is CSc1c(F)c(F)c(NN)c(F)c1F. The first kappa shape index (κ1) is 11.1. The van der Waals surface area contributed by atoms with Gasteiger partial charge in [0.2, 0.25) is 0 Å². The van der Waals surface area contributed by atoms with Crippen LogP contribution in [0.1, 0.15) is 0 Å². The van der Waals surface area contributed by atoms with Crippen molar-refractivity contribution in [3.05, 3.63) is 23.3 Å². The van der Waals surface area contributed by atoms with Gasteiger partial charge in [-0.15, -0.1) is 11.8 Å². The fraction of sp³-hybridized carbons (Fsp3) is 0.143. The second-order valence-electron chi connectivity index (χ2n) is 2.31. The molecule has 14 heavy (non-hydrogen) atoms. The summed E-state index contributed by atoms with van der Waals surface area (Å²) in [7, 11) is 0. The molecule has 0 heterocycles. The van der Waals surface area contributed by atoms with Crippen LogP contribution in [0.15, 0.2) is 4.90 Å². The Morgan fingerprint density at radius 3 is 1.71 bits per heavy atom. The number of nitrogen functional groups attached to an aromatic ring is 1. The summed E-state index contributed by atoms with van der Waals surface area (Å²) in [5.41, 5.74) is 0.541. The minimum Gasteiger partial charge on any atom is -0.319 e. The van der Waals surface area contributed by atoms with Gasteiger partial charge in [-0.2, -0.15) is 0 Å². The molecule has 1 aromatic rings. The first-order valence-electron chi connectivity index (χ1n) is 3.41. The smallest absolute Gasteiger partial charge is 0.187 e. The Labute approximate surface area is 81.4 Å². The second-order valence-corrected chi connectivity index (χ2v) is 3.13. The number of anilines is 1. The van der Waals surface area contributed by atoms with Gasteiger partial charge < -0.3 is 5.43 Å². The average molecular weight is 226 g/mol. The predicted octanol–water partition coefficient (Wildman–Crippen LogP) is 2.25. The molecule has 0 unspecified atom stereocenters. The third-order valence-electron chi connectivity index (χ3n) is 1.57. The monoisotopic (exact) mass is 226 g/mol. The zero-order chi connectivity index (χ0) is 10.9. The number of nitrogens with one attached hydrogen (secondary N) is 1. The van der Waals surface area contributed by atoms with Crippen LogP contribution in [0, 0.1) is 23.3 Å². The number of rotatable bonds is 2. The molecule has 7 heteroatoms. The fourth-order valence-electron chi connectivity index (χ4n) is 0.917. The highest BCUT2D eigenvalue weighted by atomic mass is 32.2. The van der Waals surface area contributed by atoms with Gasteiger partial charge in [-0.05, 0) is 6.26 Å². The van der Waals surface area contributed by atoms with E-state index in [9.17, 15) is 17.6 Å². The van der Waals surface area contributed by atoms with Gasteiger partial charge in [0, 0.05) is 0 Å². The Kier molecular flexibility index (Phi) is 3.22. The van der Waals surface area contributed by atoms with E-state index in [2.05, 4.69) is 0 Å². The maximum absolute atomic E-state index is 13.0. The van der Waals surface area contributed by atoms with Gasteiger partial charge in [-0.3, -0.25) is 5.84 Å². The summed E-state index contributed by atoms with van der Waals surface area (Å²) in [5.74, 6) is -1.26. The van der Waals surface area contributed by atoms with E-state index in [1.54, 1.807) is 5.43 Å². The number of halogens is 4. The zero-order valence-electron chi connectivity index (χ0n) is 7.00. The lowest BCUT2D eigenvalue weighted by Crippen LogP contribution is -2.13. The zero-order valence-corrected chi connectivity index (χ0v) is 7.81. The molecular weight excluding hydrogens is 220 g/mol. The van der Waals surface area contributed by atoms with E-state index in [0.717, 1.165) is 0 Å². The topological polar surface area (TPSA) is 38.0 Å². The molecule has 1 rings (SSSR count). The molecule has 0 aliphatic rings. The van der Waals surface area contributed by atoms with Crippen LogP contribution in [0.2, 0.25) is 0 Å². The lowest BCUT2D eigenvalue weighted by molar-refractivity contribution is 0.430.